The number of nitrogens with two attached hydrogens (primary N) is 1. The summed E-state index contributed by atoms with van der Waals surface area (Å²) in [6.07, 6.45) is 9.14. The van der Waals surface area contributed by atoms with Gasteiger partial charge in [0.1, 0.15) is 27.9 Å². The molecule has 0 bridgehead atoms. The predicted octanol–water partition coefficient (Wildman–Crippen LogP) is 3.44. The molecule has 0 spiro atoms. The van der Waals surface area contributed by atoms with Crippen LogP contribution in [-0.2, 0) is 28.5 Å². The number of thiazole rings is 2. The maximum absolute atomic E-state index is 13.6. The van der Waals surface area contributed by atoms with Gasteiger partial charge in [0.2, 0.25) is 11.8 Å². The molecule has 2 fully saturated rings. The third-order valence-electron chi connectivity index (χ3n) is 9.31. The van der Waals surface area contributed by atoms with Gasteiger partial charge in [-0.25, -0.2) is 24.5 Å². The van der Waals surface area contributed by atoms with E-state index in [2.05, 4.69) is 58.5 Å². The van der Waals surface area contributed by atoms with E-state index >= 15 is 0 Å². The van der Waals surface area contributed by atoms with Crippen LogP contribution in [-0.4, -0.2) is 131 Å². The molecule has 2 aliphatic heterocycles. The number of carbonyl (C=O) groups excluding carboxylic acids is 4. The summed E-state index contributed by atoms with van der Waals surface area (Å²) in [7, 11) is 5.61. The zero-order valence-corrected chi connectivity index (χ0v) is 34.8. The first-order valence-corrected chi connectivity index (χ1v) is 20.6. The quantitative estimate of drug-likeness (QED) is 0.0744. The van der Waals surface area contributed by atoms with Crippen molar-refractivity contribution in [2.75, 3.05) is 54.7 Å². The first kappa shape index (κ1) is 42.1. The van der Waals surface area contributed by atoms with Crippen molar-refractivity contribution in [3.8, 4) is 20.5 Å². The number of hydrogen-bond acceptors (Lipinski definition) is 15. The maximum Gasteiger partial charge on any atom is 0.407 e. The number of hydrogen-bond donors (Lipinski definition) is 5. The number of nitrogens with one attached hydrogen (secondary N) is 4. The van der Waals surface area contributed by atoms with Gasteiger partial charge in [0, 0.05) is 72.0 Å². The van der Waals surface area contributed by atoms with Crippen molar-refractivity contribution in [2.24, 2.45) is 5.73 Å². The molecule has 55 heavy (non-hydrogen) atoms. The van der Waals surface area contributed by atoms with Crippen molar-refractivity contribution >= 4 is 75.0 Å². The van der Waals surface area contributed by atoms with E-state index < -0.39 is 24.3 Å². The van der Waals surface area contributed by atoms with Crippen molar-refractivity contribution < 1.29 is 38.1 Å². The Morgan fingerprint density at radius 3 is 2.11 bits per heavy atom. The number of H-pyrrole nitrogens is 1. The second-order valence-corrected chi connectivity index (χ2v) is 16.1. The Morgan fingerprint density at radius 1 is 0.873 bits per heavy atom. The molecule has 0 aromatic carbocycles. The van der Waals surface area contributed by atoms with Crippen LogP contribution in [0.15, 0.2) is 24.8 Å². The number of nitrogens with zero attached hydrogens (tertiary/aromatic N) is 5. The van der Waals surface area contributed by atoms with Crippen molar-refractivity contribution in [1.29, 1.82) is 0 Å². The average Bonchev–Trinajstić information content (AvgIpc) is 4.05. The fourth-order valence-corrected chi connectivity index (χ4v) is 9.47. The normalized spacial score (nSPS) is 18.8. The molecule has 2 saturated heterocycles. The summed E-state index contributed by atoms with van der Waals surface area (Å²) >= 11 is 5.21. The average molecular weight is 915 g/mol. The van der Waals surface area contributed by atoms with Gasteiger partial charge < -0.3 is 55.4 Å². The molecule has 3 aromatic heterocycles. The number of aromatic amines is 1. The molecule has 1 unspecified atom stereocenters. The molecule has 5 atom stereocenters. The molecule has 3 aromatic rings. The fraction of sp³-hybridized carbons (Fsp3) is 0.559. The Kier molecular flexibility index (Phi) is 15.5. The number of likely N-dealkylation sites (tertiary alicyclic amines) is 2. The number of halogens is 1. The van der Waals surface area contributed by atoms with E-state index in [1.807, 2.05) is 0 Å². The van der Waals surface area contributed by atoms with Crippen molar-refractivity contribution in [3.63, 3.8) is 0 Å². The topological polar surface area (TPSA) is 228 Å². The Hall–Kier alpha value is -4.06. The minimum absolute atomic E-state index is 0.154. The van der Waals surface area contributed by atoms with Gasteiger partial charge in [-0.15, -0.1) is 22.7 Å². The largest absolute Gasteiger partial charge is 0.453 e. The van der Waals surface area contributed by atoms with Crippen LogP contribution in [0.3, 0.4) is 0 Å². The van der Waals surface area contributed by atoms with Crippen molar-refractivity contribution in [2.45, 2.75) is 66.7 Å². The summed E-state index contributed by atoms with van der Waals surface area (Å²) < 4.78 is 19.6. The third kappa shape index (κ3) is 10.4. The monoisotopic (exact) mass is 914 g/mol. The summed E-state index contributed by atoms with van der Waals surface area (Å²) in [5.41, 5.74) is 7.45. The molecular formula is C34H47IN10O8S2. The predicted molar refractivity (Wildman–Crippen MR) is 214 cm³/mol. The summed E-state index contributed by atoms with van der Waals surface area (Å²) in [6.45, 7) is 1.70. The van der Waals surface area contributed by atoms with Gasteiger partial charge in [0.25, 0.3) is 0 Å². The lowest BCUT2D eigenvalue weighted by atomic mass is 10.1. The van der Waals surface area contributed by atoms with Crippen molar-refractivity contribution in [3.05, 3.63) is 35.6 Å². The SMILES string of the molecule is COCC[C@H](NC(=O)OC)C(=O)N1CCC[C@H]1c1ncc(-c2ncc(-c3cnc(/C(=C/N)NC(I)[C@@H]4CCCN4C(=O)[C@H](CCOC)NC(=O)OC)s3)s2)[nH]1. The number of imidazole rings is 1. The maximum atomic E-state index is 13.6. The minimum atomic E-state index is -0.789. The number of alkyl carbamates (subject to hydrolysis) is 2. The van der Waals surface area contributed by atoms with E-state index in [0.717, 1.165) is 46.1 Å². The molecule has 5 heterocycles. The van der Waals surface area contributed by atoms with E-state index in [-0.39, 0.29) is 27.9 Å². The van der Waals surface area contributed by atoms with E-state index in [4.69, 9.17) is 24.7 Å². The van der Waals surface area contributed by atoms with E-state index in [1.165, 1.54) is 43.1 Å². The lowest BCUT2D eigenvalue weighted by Crippen LogP contribution is -2.53. The molecule has 300 valence electrons. The molecule has 18 nitrogen and oxygen atoms in total. The van der Waals surface area contributed by atoms with E-state index in [0.29, 0.717) is 55.7 Å². The fourth-order valence-electron chi connectivity index (χ4n) is 6.54. The second-order valence-electron chi connectivity index (χ2n) is 12.7. The molecule has 21 heteroatoms. The smallest absolute Gasteiger partial charge is 0.407 e. The Bertz CT molecular complexity index is 1800. The molecule has 5 rings (SSSR count). The summed E-state index contributed by atoms with van der Waals surface area (Å²) in [4.78, 5) is 73.7. The highest BCUT2D eigenvalue weighted by molar-refractivity contribution is 14.1. The summed E-state index contributed by atoms with van der Waals surface area (Å²) in [6, 6.07) is -2.00. The first-order chi connectivity index (χ1) is 26.6. The summed E-state index contributed by atoms with van der Waals surface area (Å²) in [5, 5.41) is 10.1. The van der Waals surface area contributed by atoms with Crippen LogP contribution in [0.2, 0.25) is 0 Å². The van der Waals surface area contributed by atoms with Gasteiger partial charge in [-0.1, -0.05) is 22.6 Å². The zero-order valence-electron chi connectivity index (χ0n) is 31.0. The molecule has 2 aliphatic rings. The minimum Gasteiger partial charge on any atom is -0.453 e. The standard InChI is InChI=1S/C34H47IN10O8S2/c1-50-13-9-19(42-33(48)52-3)31(46)44-11-5-7-23(44)27(35)40-21(15-36)29-38-17-25(54-29)26-18-39-30(55-26)22-16-37-28(41-22)24-8-6-12-45(24)32(47)20(10-14-51-2)43-34(49)53-4/h15-20,23-24,27,40H,5-14,36H2,1-4H3,(H,37,41)(H,42,48)(H,43,49)/b21-15-/t19-,20-,23-,24-,27?/m0/s1. The number of ether oxygens (including phenoxy) is 4. The second kappa shape index (κ2) is 20.2. The van der Waals surface area contributed by atoms with Gasteiger partial charge >= 0.3 is 12.2 Å². The zero-order chi connectivity index (χ0) is 39.5. The van der Waals surface area contributed by atoms with Crippen LogP contribution < -0.4 is 21.7 Å². The van der Waals surface area contributed by atoms with Gasteiger partial charge in [-0.05, 0) is 25.7 Å². The molecule has 0 aliphatic carbocycles. The van der Waals surface area contributed by atoms with Crippen LogP contribution in [0, 0.1) is 0 Å². The molecule has 6 N–H and O–H groups in total. The number of aromatic nitrogens is 4. The number of carbonyl (C=O) groups is 4. The van der Waals surface area contributed by atoms with E-state index in [9.17, 15) is 19.2 Å². The van der Waals surface area contributed by atoms with Gasteiger partial charge in [-0.3, -0.25) is 9.59 Å². The van der Waals surface area contributed by atoms with Gasteiger partial charge in [-0.2, -0.15) is 0 Å². The van der Waals surface area contributed by atoms with Crippen molar-refractivity contribution in [1.82, 2.24) is 45.7 Å². The Morgan fingerprint density at radius 2 is 1.47 bits per heavy atom. The van der Waals surface area contributed by atoms with Crippen LogP contribution in [0.1, 0.15) is 55.4 Å². The third-order valence-corrected chi connectivity index (χ3v) is 12.7. The number of methoxy groups -OCH3 is 4. The number of rotatable bonds is 17. The molecular weight excluding hydrogens is 867 g/mol. The van der Waals surface area contributed by atoms with E-state index in [1.54, 1.807) is 42.6 Å². The summed E-state index contributed by atoms with van der Waals surface area (Å²) in [5.74, 6) is 0.233. The molecule has 0 saturated carbocycles. The van der Waals surface area contributed by atoms with Crippen LogP contribution in [0.4, 0.5) is 9.59 Å². The highest BCUT2D eigenvalue weighted by Gasteiger charge is 2.38. The Balaban J connectivity index is 1.24. The molecule has 4 amide bonds. The highest BCUT2D eigenvalue weighted by atomic mass is 127. The van der Waals surface area contributed by atoms with Crippen LogP contribution >= 0.6 is 45.3 Å². The van der Waals surface area contributed by atoms with Gasteiger partial charge in [0.15, 0.2) is 0 Å². The highest BCUT2D eigenvalue weighted by Crippen LogP contribution is 2.38. The lowest BCUT2D eigenvalue weighted by Gasteiger charge is -2.32. The molecule has 0 radical (unpaired) electrons. The number of alkyl halides is 1. The number of amides is 4. The first-order valence-electron chi connectivity index (χ1n) is 17.7. The Labute approximate surface area is 340 Å². The van der Waals surface area contributed by atoms with Crippen LogP contribution in [0.25, 0.3) is 26.2 Å². The lowest BCUT2D eigenvalue weighted by molar-refractivity contribution is -0.135. The van der Waals surface area contributed by atoms with Crippen LogP contribution in [0.5, 0.6) is 0 Å². The van der Waals surface area contributed by atoms with Gasteiger partial charge in [0.05, 0.1) is 57.7 Å².